The second kappa shape index (κ2) is 5.85. The molecule has 0 bridgehead atoms. The molecule has 2 fully saturated rings. The molecule has 2 amide bonds. The van der Waals surface area contributed by atoms with Gasteiger partial charge in [0, 0.05) is 43.3 Å². The lowest BCUT2D eigenvalue weighted by Gasteiger charge is -2.32. The molecule has 0 spiro atoms. The highest BCUT2D eigenvalue weighted by Gasteiger charge is 2.29. The molecule has 0 aromatic heterocycles. The van der Waals surface area contributed by atoms with E-state index in [0.29, 0.717) is 5.56 Å². The number of rotatable bonds is 3. The molecule has 1 aromatic carbocycles. The topological polar surface area (TPSA) is 52.6 Å². The second-order valence-electron chi connectivity index (χ2n) is 5.94. The number of nitrogens with zero attached hydrogens (tertiary/aromatic N) is 2. The van der Waals surface area contributed by atoms with E-state index in [1.165, 1.54) is 0 Å². The Balaban J connectivity index is 1.60. The minimum Gasteiger partial charge on any atom is -0.336 e. The summed E-state index contributed by atoms with van der Waals surface area (Å²) in [7, 11) is 2.07. The molecule has 5 nitrogen and oxygen atoms in total. The number of carbonyl (C=O) groups excluding carboxylic acids is 2. The fraction of sp³-hybridized carbons (Fsp3) is 0.500. The van der Waals surface area contributed by atoms with Crippen LogP contribution in [0.4, 0.5) is 5.69 Å². The van der Waals surface area contributed by atoms with Crippen LogP contribution in [0.25, 0.3) is 0 Å². The normalized spacial score (nSPS) is 19.4. The van der Waals surface area contributed by atoms with Crippen molar-refractivity contribution in [3.63, 3.8) is 0 Å². The fourth-order valence-corrected chi connectivity index (χ4v) is 2.48. The third kappa shape index (κ3) is 3.42. The SMILES string of the molecule is CN1CCN(C(=O)c2ccc(NC(=O)C3CC3)cc2)CC1. The Labute approximate surface area is 124 Å². The van der Waals surface area contributed by atoms with Crippen LogP contribution in [0.5, 0.6) is 0 Å². The molecule has 112 valence electrons. The maximum Gasteiger partial charge on any atom is 0.253 e. The van der Waals surface area contributed by atoms with E-state index in [9.17, 15) is 9.59 Å². The van der Waals surface area contributed by atoms with Crippen LogP contribution >= 0.6 is 0 Å². The quantitative estimate of drug-likeness (QED) is 0.915. The van der Waals surface area contributed by atoms with Gasteiger partial charge in [0.05, 0.1) is 0 Å². The third-order valence-electron chi connectivity index (χ3n) is 4.14. The standard InChI is InChI=1S/C16H21N3O2/c1-18-8-10-19(11-9-18)16(21)13-4-6-14(7-5-13)17-15(20)12-2-3-12/h4-7,12H,2-3,8-11H2,1H3,(H,17,20). The lowest BCUT2D eigenvalue weighted by atomic mass is 10.1. The van der Waals surface area contributed by atoms with Crippen molar-refractivity contribution in [1.82, 2.24) is 9.80 Å². The summed E-state index contributed by atoms with van der Waals surface area (Å²) in [4.78, 5) is 28.2. The van der Waals surface area contributed by atoms with Gasteiger partial charge in [-0.15, -0.1) is 0 Å². The first-order chi connectivity index (χ1) is 10.1. The molecule has 1 saturated carbocycles. The van der Waals surface area contributed by atoms with Gasteiger partial charge in [-0.25, -0.2) is 0 Å². The molecule has 2 aliphatic rings. The van der Waals surface area contributed by atoms with Gasteiger partial charge in [0.1, 0.15) is 0 Å². The molecule has 1 aromatic rings. The number of anilines is 1. The smallest absolute Gasteiger partial charge is 0.253 e. The molecule has 0 unspecified atom stereocenters. The van der Waals surface area contributed by atoms with Gasteiger partial charge in [0.25, 0.3) is 5.91 Å². The van der Waals surface area contributed by atoms with E-state index >= 15 is 0 Å². The number of hydrogen-bond donors (Lipinski definition) is 1. The first-order valence-corrected chi connectivity index (χ1v) is 7.52. The van der Waals surface area contributed by atoms with E-state index in [1.54, 1.807) is 12.1 Å². The molecule has 1 aliphatic carbocycles. The van der Waals surface area contributed by atoms with Crippen molar-refractivity contribution in [2.45, 2.75) is 12.8 Å². The average molecular weight is 287 g/mol. The van der Waals surface area contributed by atoms with E-state index in [-0.39, 0.29) is 17.7 Å². The summed E-state index contributed by atoms with van der Waals surface area (Å²) in [6.07, 6.45) is 1.98. The average Bonchev–Trinajstić information content (AvgIpc) is 3.33. The van der Waals surface area contributed by atoms with E-state index in [1.807, 2.05) is 17.0 Å². The minimum atomic E-state index is 0.0724. The number of amides is 2. The van der Waals surface area contributed by atoms with Gasteiger partial charge >= 0.3 is 0 Å². The molecule has 1 heterocycles. The van der Waals surface area contributed by atoms with Crippen LogP contribution in [0.1, 0.15) is 23.2 Å². The molecule has 21 heavy (non-hydrogen) atoms. The summed E-state index contributed by atoms with van der Waals surface area (Å²) >= 11 is 0. The molecule has 1 saturated heterocycles. The number of nitrogens with one attached hydrogen (secondary N) is 1. The Kier molecular flexibility index (Phi) is 3.92. The van der Waals surface area contributed by atoms with Gasteiger partial charge in [-0.1, -0.05) is 0 Å². The van der Waals surface area contributed by atoms with Crippen LogP contribution in [0, 0.1) is 5.92 Å². The minimum absolute atomic E-state index is 0.0724. The van der Waals surface area contributed by atoms with Crippen LogP contribution < -0.4 is 5.32 Å². The molecule has 0 radical (unpaired) electrons. The van der Waals surface area contributed by atoms with Crippen LogP contribution in [0.15, 0.2) is 24.3 Å². The lowest BCUT2D eigenvalue weighted by Crippen LogP contribution is -2.47. The molecule has 1 N–H and O–H groups in total. The molecule has 0 atom stereocenters. The maximum atomic E-state index is 12.4. The van der Waals surface area contributed by atoms with Gasteiger partial charge in [0.2, 0.25) is 5.91 Å². The van der Waals surface area contributed by atoms with Gasteiger partial charge in [-0.3, -0.25) is 9.59 Å². The number of likely N-dealkylation sites (N-methyl/N-ethyl adjacent to an activating group) is 1. The largest absolute Gasteiger partial charge is 0.336 e. The van der Waals surface area contributed by atoms with Crippen molar-refractivity contribution in [1.29, 1.82) is 0 Å². The second-order valence-corrected chi connectivity index (χ2v) is 5.94. The van der Waals surface area contributed by atoms with Crippen molar-refractivity contribution in [3.8, 4) is 0 Å². The van der Waals surface area contributed by atoms with Gasteiger partial charge in [-0.05, 0) is 44.2 Å². The summed E-state index contributed by atoms with van der Waals surface area (Å²) in [5.74, 6) is 0.355. The first-order valence-electron chi connectivity index (χ1n) is 7.52. The van der Waals surface area contributed by atoms with Crippen molar-refractivity contribution in [3.05, 3.63) is 29.8 Å². The summed E-state index contributed by atoms with van der Waals surface area (Å²) in [6.45, 7) is 3.38. The zero-order valence-electron chi connectivity index (χ0n) is 12.3. The zero-order chi connectivity index (χ0) is 14.8. The van der Waals surface area contributed by atoms with Crippen molar-refractivity contribution in [2.24, 2.45) is 5.92 Å². The predicted molar refractivity (Wildman–Crippen MR) is 81.2 cm³/mol. The zero-order valence-corrected chi connectivity index (χ0v) is 12.3. The van der Waals surface area contributed by atoms with Gasteiger partial charge in [-0.2, -0.15) is 0 Å². The van der Waals surface area contributed by atoms with Gasteiger partial charge < -0.3 is 15.1 Å². The number of benzene rings is 1. The number of carbonyl (C=O) groups is 2. The van der Waals surface area contributed by atoms with Gasteiger partial charge in [0.15, 0.2) is 0 Å². The first kappa shape index (κ1) is 14.1. The number of hydrogen-bond acceptors (Lipinski definition) is 3. The molecular formula is C16H21N3O2. The lowest BCUT2D eigenvalue weighted by molar-refractivity contribution is -0.117. The van der Waals surface area contributed by atoms with Crippen molar-refractivity contribution < 1.29 is 9.59 Å². The fourth-order valence-electron chi connectivity index (χ4n) is 2.48. The molecular weight excluding hydrogens is 266 g/mol. The highest BCUT2D eigenvalue weighted by atomic mass is 16.2. The highest BCUT2D eigenvalue weighted by Crippen LogP contribution is 2.30. The molecule has 5 heteroatoms. The summed E-state index contributed by atoms with van der Waals surface area (Å²) in [6, 6.07) is 7.21. The Morgan fingerprint density at radius 3 is 2.24 bits per heavy atom. The van der Waals surface area contributed by atoms with Crippen molar-refractivity contribution in [2.75, 3.05) is 38.5 Å². The van der Waals surface area contributed by atoms with Crippen LogP contribution in [-0.4, -0.2) is 54.8 Å². The highest BCUT2D eigenvalue weighted by molar-refractivity contribution is 5.96. The van der Waals surface area contributed by atoms with E-state index in [2.05, 4.69) is 17.3 Å². The third-order valence-corrected chi connectivity index (χ3v) is 4.14. The van der Waals surface area contributed by atoms with E-state index in [0.717, 1.165) is 44.7 Å². The van der Waals surface area contributed by atoms with E-state index < -0.39 is 0 Å². The van der Waals surface area contributed by atoms with Crippen LogP contribution in [0.2, 0.25) is 0 Å². The Morgan fingerprint density at radius 1 is 1.05 bits per heavy atom. The van der Waals surface area contributed by atoms with Crippen LogP contribution in [0.3, 0.4) is 0 Å². The molecule has 3 rings (SSSR count). The Hall–Kier alpha value is -1.88. The predicted octanol–water partition coefficient (Wildman–Crippen LogP) is 1.42. The van der Waals surface area contributed by atoms with Crippen molar-refractivity contribution >= 4 is 17.5 Å². The van der Waals surface area contributed by atoms with Crippen LogP contribution in [-0.2, 0) is 4.79 Å². The molecule has 1 aliphatic heterocycles. The summed E-state index contributed by atoms with van der Waals surface area (Å²) in [5.41, 5.74) is 1.45. The van der Waals surface area contributed by atoms with E-state index in [4.69, 9.17) is 0 Å². The Morgan fingerprint density at radius 2 is 1.67 bits per heavy atom. The summed E-state index contributed by atoms with van der Waals surface area (Å²) in [5, 5.41) is 2.88. The summed E-state index contributed by atoms with van der Waals surface area (Å²) < 4.78 is 0. The maximum absolute atomic E-state index is 12.4. The number of piperazine rings is 1. The monoisotopic (exact) mass is 287 g/mol. The Bertz CT molecular complexity index is 529.